The van der Waals surface area contributed by atoms with Crippen LogP contribution in [0.3, 0.4) is 0 Å². The zero-order valence-electron chi connectivity index (χ0n) is 15.7. The van der Waals surface area contributed by atoms with E-state index in [2.05, 4.69) is 22.8 Å². The first-order valence-corrected chi connectivity index (χ1v) is 10.9. The van der Waals surface area contributed by atoms with Gasteiger partial charge < -0.3 is 4.42 Å². The van der Waals surface area contributed by atoms with E-state index in [4.69, 9.17) is 4.42 Å². The van der Waals surface area contributed by atoms with Gasteiger partial charge in [-0.05, 0) is 55.9 Å². The first-order chi connectivity index (χ1) is 13.5. The van der Waals surface area contributed by atoms with Crippen LogP contribution in [0.4, 0.5) is 0 Å². The van der Waals surface area contributed by atoms with Gasteiger partial charge >= 0.3 is 0 Å². The topological polar surface area (TPSA) is 84.2 Å². The summed E-state index contributed by atoms with van der Waals surface area (Å²) in [6.45, 7) is 4.11. The summed E-state index contributed by atoms with van der Waals surface area (Å²) in [6, 6.07) is 5.69. The van der Waals surface area contributed by atoms with Crippen LogP contribution in [0.2, 0.25) is 0 Å². The molecule has 0 radical (unpaired) electrons. The van der Waals surface area contributed by atoms with Crippen molar-refractivity contribution >= 4 is 34.5 Å². The Labute approximate surface area is 171 Å². The molecule has 1 atom stereocenters. The van der Waals surface area contributed by atoms with Gasteiger partial charge in [-0.3, -0.25) is 20.4 Å². The van der Waals surface area contributed by atoms with Crippen LogP contribution in [0.25, 0.3) is 10.8 Å². The summed E-state index contributed by atoms with van der Waals surface area (Å²) in [5.41, 5.74) is 6.90. The molecule has 0 aromatic carbocycles. The largest absolute Gasteiger partial charge is 0.459 e. The molecule has 28 heavy (non-hydrogen) atoms. The monoisotopic (exact) mass is 415 g/mol. The van der Waals surface area contributed by atoms with Crippen molar-refractivity contribution in [2.75, 3.05) is 0 Å². The van der Waals surface area contributed by atoms with E-state index in [1.54, 1.807) is 0 Å². The fraction of sp³-hybridized carbons (Fsp3) is 0.350. The number of carbonyl (C=O) groups excluding carboxylic acids is 2. The molecule has 2 N–H and O–H groups in total. The van der Waals surface area contributed by atoms with Crippen molar-refractivity contribution in [2.24, 2.45) is 5.92 Å². The number of hydrogen-bond donors (Lipinski definition) is 2. The van der Waals surface area contributed by atoms with Gasteiger partial charge in [0, 0.05) is 10.3 Å². The number of hydrogen-bond acceptors (Lipinski definition) is 6. The second kappa shape index (κ2) is 7.89. The molecule has 0 bridgehead atoms. The maximum Gasteiger partial charge on any atom is 0.279 e. The number of furan rings is 1. The van der Waals surface area contributed by atoms with Gasteiger partial charge in [-0.1, -0.05) is 6.92 Å². The van der Waals surface area contributed by atoms with E-state index in [1.807, 2.05) is 30.5 Å². The van der Waals surface area contributed by atoms with E-state index in [0.717, 1.165) is 23.6 Å². The van der Waals surface area contributed by atoms with Gasteiger partial charge in [0.1, 0.15) is 5.76 Å². The van der Waals surface area contributed by atoms with Gasteiger partial charge in [0.05, 0.1) is 17.0 Å². The van der Waals surface area contributed by atoms with Gasteiger partial charge in [0.25, 0.3) is 5.91 Å². The number of carbonyl (C=O) groups is 2. The maximum absolute atomic E-state index is 12.4. The van der Waals surface area contributed by atoms with Crippen molar-refractivity contribution in [2.45, 2.75) is 39.5 Å². The highest BCUT2D eigenvalue weighted by molar-refractivity contribution is 7.14. The molecule has 0 saturated carbocycles. The van der Waals surface area contributed by atoms with Crippen LogP contribution in [-0.4, -0.2) is 16.8 Å². The summed E-state index contributed by atoms with van der Waals surface area (Å²) in [5.74, 6) is 1.59. The number of amides is 2. The molecule has 0 fully saturated rings. The highest BCUT2D eigenvalue weighted by Gasteiger charge is 2.21. The van der Waals surface area contributed by atoms with Gasteiger partial charge in [0.2, 0.25) is 5.91 Å². The minimum absolute atomic E-state index is 0.0922. The van der Waals surface area contributed by atoms with E-state index >= 15 is 0 Å². The summed E-state index contributed by atoms with van der Waals surface area (Å²) in [7, 11) is 0. The Balaban J connectivity index is 1.31. The third kappa shape index (κ3) is 4.18. The fourth-order valence-electron chi connectivity index (χ4n) is 3.27. The Bertz CT molecular complexity index is 1020. The minimum Gasteiger partial charge on any atom is -0.459 e. The normalized spacial score (nSPS) is 15.9. The fourth-order valence-corrected chi connectivity index (χ4v) is 5.15. The van der Waals surface area contributed by atoms with E-state index in [9.17, 15) is 9.59 Å². The number of aryl methyl sites for hydroxylation is 2. The predicted molar refractivity (Wildman–Crippen MR) is 109 cm³/mol. The molecule has 1 aliphatic carbocycles. The SMILES string of the molecule is Cc1ccc(-c2nc(CC(=O)NNC(=O)c3cc4c(s3)CCC(C)C4)cs2)o1. The van der Waals surface area contributed by atoms with E-state index in [1.165, 1.54) is 39.5 Å². The zero-order chi connectivity index (χ0) is 19.7. The van der Waals surface area contributed by atoms with Gasteiger partial charge in [-0.2, -0.15) is 0 Å². The minimum atomic E-state index is -0.309. The number of nitrogens with one attached hydrogen (secondary N) is 2. The summed E-state index contributed by atoms with van der Waals surface area (Å²) in [6.07, 6.45) is 3.31. The lowest BCUT2D eigenvalue weighted by Gasteiger charge is -2.16. The average molecular weight is 416 g/mol. The van der Waals surface area contributed by atoms with Crippen molar-refractivity contribution in [1.29, 1.82) is 0 Å². The van der Waals surface area contributed by atoms with Crippen LogP contribution in [0.15, 0.2) is 28.0 Å². The smallest absolute Gasteiger partial charge is 0.279 e. The summed E-state index contributed by atoms with van der Waals surface area (Å²) in [5, 5.41) is 2.56. The van der Waals surface area contributed by atoms with Crippen LogP contribution in [-0.2, 0) is 24.1 Å². The van der Waals surface area contributed by atoms with Crippen molar-refractivity contribution in [3.05, 3.63) is 50.4 Å². The van der Waals surface area contributed by atoms with Crippen molar-refractivity contribution in [3.8, 4) is 10.8 Å². The van der Waals surface area contributed by atoms with Gasteiger partial charge in [0.15, 0.2) is 10.8 Å². The van der Waals surface area contributed by atoms with Crippen LogP contribution in [0.5, 0.6) is 0 Å². The third-order valence-corrected chi connectivity index (χ3v) is 6.85. The Morgan fingerprint density at radius 1 is 1.32 bits per heavy atom. The number of aromatic nitrogens is 1. The number of rotatable bonds is 4. The average Bonchev–Trinajstić information content (AvgIpc) is 3.38. The number of hydrazine groups is 1. The van der Waals surface area contributed by atoms with Crippen LogP contribution < -0.4 is 10.9 Å². The summed E-state index contributed by atoms with van der Waals surface area (Å²) in [4.78, 5) is 30.9. The van der Waals surface area contributed by atoms with E-state index < -0.39 is 0 Å². The third-order valence-electron chi connectivity index (χ3n) is 4.71. The molecule has 1 aliphatic rings. The molecule has 0 spiro atoms. The molecule has 3 aromatic heterocycles. The molecule has 8 heteroatoms. The summed E-state index contributed by atoms with van der Waals surface area (Å²) >= 11 is 2.94. The Hall–Kier alpha value is -2.45. The molecule has 6 nitrogen and oxygen atoms in total. The lowest BCUT2D eigenvalue weighted by atomic mass is 9.90. The predicted octanol–water partition coefficient (Wildman–Crippen LogP) is 3.90. The number of fused-ring (bicyclic) bond motifs is 1. The van der Waals surface area contributed by atoms with Crippen molar-refractivity contribution in [1.82, 2.24) is 15.8 Å². The molecule has 1 unspecified atom stereocenters. The zero-order valence-corrected chi connectivity index (χ0v) is 17.3. The highest BCUT2D eigenvalue weighted by Crippen LogP contribution is 2.32. The standard InChI is InChI=1S/C20H21N3O3S2/c1-11-3-6-16-13(7-11)8-17(28-16)19(25)23-22-18(24)9-14-10-27-20(21-14)15-5-4-12(2)26-15/h4-5,8,10-11H,3,6-7,9H2,1-2H3,(H,22,24)(H,23,25). The van der Waals surface area contributed by atoms with E-state index in [0.29, 0.717) is 22.2 Å². The number of thiophene rings is 1. The molecule has 0 saturated heterocycles. The van der Waals surface area contributed by atoms with Crippen LogP contribution >= 0.6 is 22.7 Å². The Morgan fingerprint density at radius 2 is 2.18 bits per heavy atom. The number of nitrogens with zero attached hydrogens (tertiary/aromatic N) is 1. The molecular formula is C20H21N3O3S2. The maximum atomic E-state index is 12.4. The van der Waals surface area contributed by atoms with Crippen LogP contribution in [0.1, 0.15) is 44.9 Å². The van der Waals surface area contributed by atoms with Gasteiger partial charge in [-0.25, -0.2) is 4.98 Å². The molecule has 4 rings (SSSR count). The second-order valence-electron chi connectivity index (χ2n) is 7.14. The lowest BCUT2D eigenvalue weighted by Crippen LogP contribution is -2.42. The lowest BCUT2D eigenvalue weighted by molar-refractivity contribution is -0.121. The Kier molecular flexibility index (Phi) is 5.32. The first-order valence-electron chi connectivity index (χ1n) is 9.20. The Morgan fingerprint density at radius 3 is 2.96 bits per heavy atom. The molecule has 2 amide bonds. The molecular weight excluding hydrogens is 394 g/mol. The highest BCUT2D eigenvalue weighted by atomic mass is 32.1. The van der Waals surface area contributed by atoms with Crippen molar-refractivity contribution in [3.63, 3.8) is 0 Å². The van der Waals surface area contributed by atoms with E-state index in [-0.39, 0.29) is 18.2 Å². The van der Waals surface area contributed by atoms with Crippen molar-refractivity contribution < 1.29 is 14.0 Å². The molecule has 0 aliphatic heterocycles. The number of thiazole rings is 1. The first kappa shape index (κ1) is 18.9. The molecule has 3 heterocycles. The second-order valence-corrected chi connectivity index (χ2v) is 9.14. The molecule has 3 aromatic rings. The molecule has 146 valence electrons. The summed E-state index contributed by atoms with van der Waals surface area (Å²) < 4.78 is 5.55. The van der Waals surface area contributed by atoms with Crippen LogP contribution in [0, 0.1) is 12.8 Å². The quantitative estimate of drug-likeness (QED) is 0.633. The van der Waals surface area contributed by atoms with Gasteiger partial charge in [-0.15, -0.1) is 22.7 Å².